The highest BCUT2D eigenvalue weighted by atomic mass is 127. The van der Waals surface area contributed by atoms with Crippen molar-refractivity contribution in [3.8, 4) is 11.4 Å². The zero-order valence-electron chi connectivity index (χ0n) is 33.3. The number of rotatable bonds is 11. The van der Waals surface area contributed by atoms with Gasteiger partial charge in [0.15, 0.2) is 6.33 Å². The maximum Gasteiger partial charge on any atom is 0.320 e. The van der Waals surface area contributed by atoms with E-state index in [1.807, 2.05) is 100 Å². The standard InChI is InChI=1S/C37H58IN9O7/c1-35(2,3)52-31(49)23-45-12-10-44(22-30(48)39-21-27-18-28(20-29(38)19-27)34-42-40-26-41-43-34)11-13-46(24-32(50)53-36(4,5)6)15-17-47(16-14-45)25-33(51)54-37(7,8)9/h18-20,26H,10-17,21-25H2,1-9H3,(H,39,48). The SMILES string of the molecule is CC(C)(C)OC(=O)CN1CCN(CC(=O)NCc2cc(I)cc(-c3nncnn3)c2)CCN(CC(=O)OC(C)(C)C)CCN(CC(=O)OC(C)(C)C)CC1. The normalized spacial score (nSPS) is 16.5. The Morgan fingerprint density at radius 1 is 0.611 bits per heavy atom. The Bertz CT molecular complexity index is 1500. The van der Waals surface area contributed by atoms with Crippen molar-refractivity contribution in [2.24, 2.45) is 0 Å². The molecule has 0 radical (unpaired) electrons. The summed E-state index contributed by atoms with van der Waals surface area (Å²) in [5.74, 6) is -0.852. The summed E-state index contributed by atoms with van der Waals surface area (Å²) in [6.45, 7) is 20.6. The van der Waals surface area contributed by atoms with Crippen LogP contribution in [0.5, 0.6) is 0 Å². The summed E-state index contributed by atoms with van der Waals surface area (Å²) in [4.78, 5) is 60.3. The second-order valence-electron chi connectivity index (χ2n) is 16.4. The molecular weight excluding hydrogens is 809 g/mol. The van der Waals surface area contributed by atoms with Gasteiger partial charge in [-0.1, -0.05) is 0 Å². The number of halogens is 1. The van der Waals surface area contributed by atoms with E-state index in [0.29, 0.717) is 58.2 Å². The van der Waals surface area contributed by atoms with Crippen LogP contribution < -0.4 is 5.32 Å². The first-order chi connectivity index (χ1) is 25.1. The topological polar surface area (TPSA) is 173 Å². The van der Waals surface area contributed by atoms with Crippen LogP contribution in [0.3, 0.4) is 0 Å². The van der Waals surface area contributed by atoms with Crippen LogP contribution in [0.4, 0.5) is 0 Å². The second kappa shape index (κ2) is 20.5. The average Bonchev–Trinajstić information content (AvgIpc) is 3.02. The van der Waals surface area contributed by atoms with Gasteiger partial charge in [0, 0.05) is 68.0 Å². The summed E-state index contributed by atoms with van der Waals surface area (Å²) in [6.07, 6.45) is 1.27. The van der Waals surface area contributed by atoms with Gasteiger partial charge in [-0.3, -0.25) is 38.8 Å². The van der Waals surface area contributed by atoms with Gasteiger partial charge in [0.1, 0.15) is 16.8 Å². The van der Waals surface area contributed by atoms with Crippen LogP contribution in [0.2, 0.25) is 0 Å². The number of benzene rings is 1. The smallest absolute Gasteiger partial charge is 0.320 e. The number of hydrogen-bond donors (Lipinski definition) is 1. The monoisotopic (exact) mass is 867 g/mol. The summed E-state index contributed by atoms with van der Waals surface area (Å²) in [5.41, 5.74) is -0.315. The first-order valence-corrected chi connectivity index (χ1v) is 19.3. The molecule has 17 heteroatoms. The zero-order chi connectivity index (χ0) is 40.1. The highest BCUT2D eigenvalue weighted by molar-refractivity contribution is 14.1. The van der Waals surface area contributed by atoms with Crippen molar-refractivity contribution >= 4 is 46.4 Å². The Balaban J connectivity index is 1.79. The molecular formula is C37H58IN9O7. The molecule has 0 aliphatic carbocycles. The summed E-state index contributed by atoms with van der Waals surface area (Å²) in [7, 11) is 0. The fraction of sp³-hybridized carbons (Fsp3) is 0.676. The van der Waals surface area contributed by atoms with Crippen LogP contribution in [0, 0.1) is 3.57 Å². The van der Waals surface area contributed by atoms with E-state index in [-0.39, 0.29) is 56.5 Å². The lowest BCUT2D eigenvalue weighted by Crippen LogP contribution is -2.50. The molecule has 1 N–H and O–H groups in total. The number of nitrogens with zero attached hydrogens (tertiary/aromatic N) is 8. The van der Waals surface area contributed by atoms with Gasteiger partial charge in [0.2, 0.25) is 11.7 Å². The van der Waals surface area contributed by atoms with Gasteiger partial charge >= 0.3 is 17.9 Å². The fourth-order valence-corrected chi connectivity index (χ4v) is 6.28. The van der Waals surface area contributed by atoms with E-state index in [4.69, 9.17) is 14.2 Å². The molecule has 3 rings (SSSR count). The Kier molecular flexibility index (Phi) is 17.1. The predicted octanol–water partition coefficient (Wildman–Crippen LogP) is 2.40. The minimum atomic E-state index is -0.645. The Hall–Kier alpha value is -3.39. The van der Waals surface area contributed by atoms with Crippen LogP contribution in [0.15, 0.2) is 24.5 Å². The van der Waals surface area contributed by atoms with Crippen LogP contribution in [-0.4, -0.2) is 159 Å². The van der Waals surface area contributed by atoms with E-state index < -0.39 is 16.8 Å². The lowest BCUT2D eigenvalue weighted by molar-refractivity contribution is -0.158. The van der Waals surface area contributed by atoms with E-state index in [0.717, 1.165) is 14.7 Å². The van der Waals surface area contributed by atoms with Crippen molar-refractivity contribution in [1.29, 1.82) is 0 Å². The third-order valence-electron chi connectivity index (χ3n) is 7.73. The number of amides is 1. The zero-order valence-corrected chi connectivity index (χ0v) is 35.5. The first-order valence-electron chi connectivity index (χ1n) is 18.2. The van der Waals surface area contributed by atoms with Gasteiger partial charge in [-0.2, -0.15) is 0 Å². The van der Waals surface area contributed by atoms with E-state index in [1.54, 1.807) is 0 Å². The van der Waals surface area contributed by atoms with Crippen LogP contribution >= 0.6 is 22.6 Å². The van der Waals surface area contributed by atoms with Crippen molar-refractivity contribution < 1.29 is 33.4 Å². The number of nitrogens with one attached hydrogen (secondary N) is 1. The molecule has 0 unspecified atom stereocenters. The third kappa shape index (κ3) is 18.8. The molecule has 0 saturated carbocycles. The van der Waals surface area contributed by atoms with Crippen LogP contribution in [-0.2, 0) is 39.9 Å². The van der Waals surface area contributed by atoms with Gasteiger partial charge < -0.3 is 19.5 Å². The Morgan fingerprint density at radius 2 is 0.981 bits per heavy atom. The molecule has 2 aromatic rings. The molecule has 54 heavy (non-hydrogen) atoms. The second-order valence-corrected chi connectivity index (χ2v) is 17.6. The Morgan fingerprint density at radius 3 is 1.35 bits per heavy atom. The van der Waals surface area contributed by atoms with Gasteiger partial charge in [0.05, 0.1) is 26.2 Å². The Labute approximate surface area is 333 Å². The molecule has 300 valence electrons. The molecule has 1 aliphatic heterocycles. The number of esters is 3. The summed E-state index contributed by atoms with van der Waals surface area (Å²) < 4.78 is 17.9. The van der Waals surface area contributed by atoms with Gasteiger partial charge in [-0.25, -0.2) is 0 Å². The molecule has 1 amide bonds. The van der Waals surface area contributed by atoms with Crippen LogP contribution in [0.1, 0.15) is 67.9 Å². The summed E-state index contributed by atoms with van der Waals surface area (Å²) in [6, 6.07) is 5.79. The lowest BCUT2D eigenvalue weighted by atomic mass is 10.1. The predicted molar refractivity (Wildman–Crippen MR) is 211 cm³/mol. The van der Waals surface area contributed by atoms with Crippen LogP contribution in [0.25, 0.3) is 11.4 Å². The molecule has 1 aromatic heterocycles. The molecule has 0 atom stereocenters. The van der Waals surface area contributed by atoms with Crippen molar-refractivity contribution in [2.75, 3.05) is 78.5 Å². The third-order valence-corrected chi connectivity index (χ3v) is 8.35. The molecule has 1 saturated heterocycles. The van der Waals surface area contributed by atoms with Crippen molar-refractivity contribution in [1.82, 2.24) is 45.3 Å². The number of carbonyl (C=O) groups is 4. The van der Waals surface area contributed by atoms with Gasteiger partial charge in [-0.15, -0.1) is 20.4 Å². The number of aromatic nitrogens is 4. The van der Waals surface area contributed by atoms with E-state index in [1.165, 1.54) is 6.33 Å². The summed E-state index contributed by atoms with van der Waals surface area (Å²) in [5, 5.41) is 18.8. The van der Waals surface area contributed by atoms with Crippen molar-refractivity contribution in [2.45, 2.75) is 85.7 Å². The minimum Gasteiger partial charge on any atom is -0.459 e. The first kappa shape index (κ1) is 45.0. The van der Waals surface area contributed by atoms with Gasteiger partial charge in [-0.05, 0) is 109 Å². The fourth-order valence-electron chi connectivity index (χ4n) is 5.54. The maximum absolute atomic E-state index is 13.5. The van der Waals surface area contributed by atoms with E-state index in [9.17, 15) is 19.2 Å². The van der Waals surface area contributed by atoms with Gasteiger partial charge in [0.25, 0.3) is 0 Å². The van der Waals surface area contributed by atoms with E-state index in [2.05, 4.69) is 48.3 Å². The molecule has 2 heterocycles. The number of carbonyl (C=O) groups excluding carboxylic acids is 4. The summed E-state index contributed by atoms with van der Waals surface area (Å²) >= 11 is 2.21. The molecule has 0 spiro atoms. The van der Waals surface area contributed by atoms with Crippen molar-refractivity contribution in [3.63, 3.8) is 0 Å². The van der Waals surface area contributed by atoms with Crippen molar-refractivity contribution in [3.05, 3.63) is 33.7 Å². The highest BCUT2D eigenvalue weighted by Gasteiger charge is 2.26. The average molecular weight is 868 g/mol. The van der Waals surface area contributed by atoms with E-state index >= 15 is 0 Å². The number of hydrogen-bond acceptors (Lipinski definition) is 15. The minimum absolute atomic E-state index is 0.0491. The molecule has 0 bridgehead atoms. The molecule has 1 aliphatic rings. The number of ether oxygens (including phenoxy) is 3. The quantitative estimate of drug-likeness (QED) is 0.198. The largest absolute Gasteiger partial charge is 0.459 e. The molecule has 16 nitrogen and oxygen atoms in total. The lowest BCUT2D eigenvalue weighted by Gasteiger charge is -2.34. The molecule has 1 fully saturated rings. The highest BCUT2D eigenvalue weighted by Crippen LogP contribution is 2.20. The maximum atomic E-state index is 13.5. The molecule has 1 aromatic carbocycles.